The predicted octanol–water partition coefficient (Wildman–Crippen LogP) is 6.03. The van der Waals surface area contributed by atoms with E-state index in [0.717, 1.165) is 5.56 Å². The fraction of sp³-hybridized carbons (Fsp3) is 0.0833. The number of hydrogen-bond donors (Lipinski definition) is 1. The molecular formula is C24H17Cl2N3O5. The number of nitrogens with one attached hydrogen (secondary N) is 1. The van der Waals surface area contributed by atoms with Crippen LogP contribution in [0.2, 0.25) is 10.0 Å². The molecule has 10 heteroatoms. The third-order valence-corrected chi connectivity index (χ3v) is 5.03. The third kappa shape index (κ3) is 6.25. The number of rotatable bonds is 8. The summed E-state index contributed by atoms with van der Waals surface area (Å²) in [6.45, 7) is 0.195. The minimum atomic E-state index is -0.737. The second-order valence-electron chi connectivity index (χ2n) is 6.88. The lowest BCUT2D eigenvalue weighted by atomic mass is 10.1. The van der Waals surface area contributed by atoms with E-state index in [1.807, 2.05) is 12.1 Å². The SMILES string of the molecule is COc1cc(/C=C(\C#N)C(=O)Nc2cccc([N+](=O)[O-])c2)cc(Cl)c1OCc1cccc(Cl)c1. The maximum absolute atomic E-state index is 12.6. The number of amides is 1. The lowest BCUT2D eigenvalue weighted by Gasteiger charge is -2.14. The number of carbonyl (C=O) groups excluding carboxylic acids is 1. The largest absolute Gasteiger partial charge is 0.493 e. The van der Waals surface area contributed by atoms with Crippen LogP contribution in [0.3, 0.4) is 0 Å². The Hall–Kier alpha value is -4.06. The number of benzene rings is 3. The zero-order valence-corrected chi connectivity index (χ0v) is 19.3. The summed E-state index contributed by atoms with van der Waals surface area (Å²) in [7, 11) is 1.44. The predicted molar refractivity (Wildman–Crippen MR) is 129 cm³/mol. The number of carbonyl (C=O) groups is 1. The highest BCUT2D eigenvalue weighted by atomic mass is 35.5. The van der Waals surface area contributed by atoms with Crippen LogP contribution >= 0.6 is 23.2 Å². The van der Waals surface area contributed by atoms with Crippen LogP contribution in [0.25, 0.3) is 6.08 Å². The second-order valence-corrected chi connectivity index (χ2v) is 7.73. The number of anilines is 1. The number of nitro groups is 1. The first-order valence-electron chi connectivity index (χ1n) is 9.73. The highest BCUT2D eigenvalue weighted by Crippen LogP contribution is 2.37. The van der Waals surface area contributed by atoms with Gasteiger partial charge in [-0.1, -0.05) is 41.4 Å². The highest BCUT2D eigenvalue weighted by Gasteiger charge is 2.15. The van der Waals surface area contributed by atoms with Gasteiger partial charge in [-0.2, -0.15) is 5.26 Å². The standard InChI is InChI=1S/C24H17Cl2N3O5/c1-33-22-11-16(10-21(26)23(22)34-14-15-4-2-5-18(25)9-15)8-17(13-27)24(30)28-19-6-3-7-20(12-19)29(31)32/h2-12H,14H2,1H3,(H,28,30)/b17-8+. The molecule has 0 saturated carbocycles. The second kappa shape index (κ2) is 11.2. The minimum absolute atomic E-state index is 0.181. The zero-order chi connectivity index (χ0) is 24.7. The Morgan fingerprint density at radius 3 is 2.62 bits per heavy atom. The van der Waals surface area contributed by atoms with Crippen molar-refractivity contribution in [3.05, 3.63) is 97.5 Å². The van der Waals surface area contributed by atoms with Crippen LogP contribution in [-0.4, -0.2) is 17.9 Å². The summed E-state index contributed by atoms with van der Waals surface area (Å²) in [5.74, 6) is -0.141. The molecule has 0 aliphatic heterocycles. The van der Waals surface area contributed by atoms with Crippen LogP contribution in [0.1, 0.15) is 11.1 Å². The molecule has 0 unspecified atom stereocenters. The van der Waals surface area contributed by atoms with E-state index in [1.54, 1.807) is 24.3 Å². The first-order valence-corrected chi connectivity index (χ1v) is 10.5. The van der Waals surface area contributed by atoms with Crippen molar-refractivity contribution >= 4 is 46.6 Å². The first-order chi connectivity index (χ1) is 16.3. The maximum Gasteiger partial charge on any atom is 0.271 e. The van der Waals surface area contributed by atoms with Gasteiger partial charge in [-0.25, -0.2) is 0 Å². The minimum Gasteiger partial charge on any atom is -0.493 e. The van der Waals surface area contributed by atoms with Gasteiger partial charge in [0, 0.05) is 22.8 Å². The summed E-state index contributed by atoms with van der Waals surface area (Å²) >= 11 is 12.4. The quantitative estimate of drug-likeness (QED) is 0.175. The monoisotopic (exact) mass is 497 g/mol. The van der Waals surface area contributed by atoms with Gasteiger partial charge in [0.05, 0.1) is 17.1 Å². The molecule has 0 atom stereocenters. The van der Waals surface area contributed by atoms with Crippen molar-refractivity contribution in [1.29, 1.82) is 5.26 Å². The Labute approximate surface area is 205 Å². The normalized spacial score (nSPS) is 10.8. The molecule has 0 aromatic heterocycles. The Balaban J connectivity index is 1.82. The molecule has 3 aromatic rings. The van der Waals surface area contributed by atoms with Crippen LogP contribution in [0.5, 0.6) is 11.5 Å². The smallest absolute Gasteiger partial charge is 0.271 e. The van der Waals surface area contributed by atoms with Crippen molar-refractivity contribution in [2.24, 2.45) is 0 Å². The van der Waals surface area contributed by atoms with Gasteiger partial charge in [0.25, 0.3) is 11.6 Å². The number of nitrogens with zero attached hydrogens (tertiary/aromatic N) is 2. The van der Waals surface area contributed by atoms with Crippen LogP contribution in [0.4, 0.5) is 11.4 Å². The van der Waals surface area contributed by atoms with Crippen LogP contribution in [0, 0.1) is 21.4 Å². The van der Waals surface area contributed by atoms with Gasteiger partial charge >= 0.3 is 0 Å². The lowest BCUT2D eigenvalue weighted by Crippen LogP contribution is -2.13. The number of nitriles is 1. The van der Waals surface area contributed by atoms with Crippen LogP contribution in [-0.2, 0) is 11.4 Å². The third-order valence-electron chi connectivity index (χ3n) is 4.51. The van der Waals surface area contributed by atoms with E-state index in [2.05, 4.69) is 5.32 Å². The topological polar surface area (TPSA) is 114 Å². The molecule has 1 N–H and O–H groups in total. The van der Waals surface area contributed by atoms with E-state index in [9.17, 15) is 20.2 Å². The Kier molecular flexibility index (Phi) is 8.09. The zero-order valence-electron chi connectivity index (χ0n) is 17.7. The number of nitro benzene ring substituents is 1. The Bertz CT molecular complexity index is 1320. The van der Waals surface area contributed by atoms with Crippen molar-refractivity contribution in [3.8, 4) is 17.6 Å². The fourth-order valence-electron chi connectivity index (χ4n) is 2.96. The number of non-ortho nitro benzene ring substituents is 1. The number of hydrogen-bond acceptors (Lipinski definition) is 6. The molecule has 0 aliphatic carbocycles. The molecule has 0 aliphatic rings. The van der Waals surface area contributed by atoms with E-state index < -0.39 is 10.8 Å². The van der Waals surface area contributed by atoms with Crippen molar-refractivity contribution in [2.75, 3.05) is 12.4 Å². The summed E-state index contributed by atoms with van der Waals surface area (Å²) in [6.07, 6.45) is 1.32. The summed E-state index contributed by atoms with van der Waals surface area (Å²) in [4.78, 5) is 22.9. The van der Waals surface area contributed by atoms with Crippen molar-refractivity contribution < 1.29 is 19.2 Å². The molecule has 8 nitrogen and oxygen atoms in total. The fourth-order valence-corrected chi connectivity index (χ4v) is 3.44. The summed E-state index contributed by atoms with van der Waals surface area (Å²) in [5, 5.41) is 23.7. The number of ether oxygens (including phenoxy) is 2. The summed E-state index contributed by atoms with van der Waals surface area (Å²) in [6, 6.07) is 17.5. The molecular weight excluding hydrogens is 481 g/mol. The molecule has 3 rings (SSSR count). The maximum atomic E-state index is 12.6. The van der Waals surface area contributed by atoms with Gasteiger partial charge in [0.15, 0.2) is 11.5 Å². The van der Waals surface area contributed by atoms with E-state index in [4.69, 9.17) is 32.7 Å². The first kappa shape index (κ1) is 24.6. The number of halogens is 2. The molecule has 3 aromatic carbocycles. The van der Waals surface area contributed by atoms with E-state index in [0.29, 0.717) is 22.1 Å². The van der Waals surface area contributed by atoms with Gasteiger partial charge in [-0.05, 0) is 47.5 Å². The Morgan fingerprint density at radius 1 is 1.18 bits per heavy atom. The average Bonchev–Trinajstić information content (AvgIpc) is 2.81. The average molecular weight is 498 g/mol. The van der Waals surface area contributed by atoms with Crippen molar-refractivity contribution in [3.63, 3.8) is 0 Å². The highest BCUT2D eigenvalue weighted by molar-refractivity contribution is 6.32. The van der Waals surface area contributed by atoms with E-state index >= 15 is 0 Å². The van der Waals surface area contributed by atoms with Crippen LogP contribution in [0.15, 0.2) is 66.2 Å². The van der Waals surface area contributed by atoms with E-state index in [1.165, 1.54) is 43.5 Å². The Morgan fingerprint density at radius 2 is 1.94 bits per heavy atom. The van der Waals surface area contributed by atoms with Gasteiger partial charge in [0.2, 0.25) is 0 Å². The van der Waals surface area contributed by atoms with Crippen LogP contribution < -0.4 is 14.8 Å². The lowest BCUT2D eigenvalue weighted by molar-refractivity contribution is -0.384. The van der Waals surface area contributed by atoms with Gasteiger partial charge in [-0.15, -0.1) is 0 Å². The molecule has 34 heavy (non-hydrogen) atoms. The molecule has 0 bridgehead atoms. The molecule has 0 saturated heterocycles. The molecule has 1 amide bonds. The molecule has 0 spiro atoms. The van der Waals surface area contributed by atoms with Crippen molar-refractivity contribution in [2.45, 2.75) is 6.61 Å². The number of methoxy groups -OCH3 is 1. The van der Waals surface area contributed by atoms with Crippen molar-refractivity contribution in [1.82, 2.24) is 0 Å². The van der Waals surface area contributed by atoms with Gasteiger partial charge in [-0.3, -0.25) is 14.9 Å². The molecule has 172 valence electrons. The summed E-state index contributed by atoms with van der Waals surface area (Å²) < 4.78 is 11.2. The summed E-state index contributed by atoms with van der Waals surface area (Å²) in [5.41, 5.74) is 1.00. The molecule has 0 radical (unpaired) electrons. The van der Waals surface area contributed by atoms with Gasteiger partial charge < -0.3 is 14.8 Å². The molecule has 0 fully saturated rings. The van der Waals surface area contributed by atoms with Gasteiger partial charge in [0.1, 0.15) is 18.2 Å². The molecule has 0 heterocycles. The van der Waals surface area contributed by atoms with E-state index in [-0.39, 0.29) is 28.6 Å².